The number of halogens is 2. The quantitative estimate of drug-likeness (QED) is 0.802. The molecule has 0 aromatic heterocycles. The maximum Gasteiger partial charge on any atom is 0.308 e. The molecule has 0 radical (unpaired) electrons. The summed E-state index contributed by atoms with van der Waals surface area (Å²) in [6, 6.07) is 4.67. The van der Waals surface area contributed by atoms with E-state index in [1.54, 1.807) is 25.1 Å². The second kappa shape index (κ2) is 8.67. The number of ether oxygens (including phenoxy) is 2. The Morgan fingerprint density at radius 1 is 1.46 bits per heavy atom. The molecule has 0 bridgehead atoms. The highest BCUT2D eigenvalue weighted by Gasteiger charge is 2.29. The number of nitrogens with zero attached hydrogens (tertiary/aromatic N) is 1. The van der Waals surface area contributed by atoms with Crippen LogP contribution in [0.2, 0.25) is 10.0 Å². The van der Waals surface area contributed by atoms with Crippen LogP contribution in [0.25, 0.3) is 0 Å². The second-order valence-electron chi connectivity index (χ2n) is 5.53. The number of amides is 1. The highest BCUT2D eigenvalue weighted by atomic mass is 35.5. The van der Waals surface area contributed by atoms with Gasteiger partial charge in [0, 0.05) is 13.1 Å². The first-order chi connectivity index (χ1) is 11.4. The molecule has 1 saturated heterocycles. The maximum absolute atomic E-state index is 12.5. The van der Waals surface area contributed by atoms with Gasteiger partial charge in [0.05, 0.1) is 48.0 Å². The van der Waals surface area contributed by atoms with Gasteiger partial charge in [0.2, 0.25) is 5.91 Å². The third-order valence-corrected chi connectivity index (χ3v) is 4.75. The molecular weight excluding hydrogens is 355 g/mol. The average Bonchev–Trinajstić information content (AvgIpc) is 2.58. The van der Waals surface area contributed by atoms with Gasteiger partial charge in [-0.2, -0.15) is 0 Å². The number of methoxy groups -OCH3 is 1. The molecule has 2 atom stereocenters. The molecule has 8 heteroatoms. The first kappa shape index (κ1) is 19.0. The predicted molar refractivity (Wildman–Crippen MR) is 92.5 cm³/mol. The number of benzene rings is 1. The second-order valence-corrected chi connectivity index (χ2v) is 6.32. The third kappa shape index (κ3) is 4.83. The number of anilines is 1. The van der Waals surface area contributed by atoms with Crippen molar-refractivity contribution >= 4 is 40.8 Å². The number of hydrogen-bond acceptors (Lipinski definition) is 5. The van der Waals surface area contributed by atoms with E-state index >= 15 is 0 Å². The van der Waals surface area contributed by atoms with Gasteiger partial charge in [-0.25, -0.2) is 0 Å². The summed E-state index contributed by atoms with van der Waals surface area (Å²) in [6.45, 7) is 3.34. The Morgan fingerprint density at radius 2 is 2.21 bits per heavy atom. The monoisotopic (exact) mass is 374 g/mol. The predicted octanol–water partition coefficient (Wildman–Crippen LogP) is 2.58. The molecule has 0 spiro atoms. The van der Waals surface area contributed by atoms with Crippen molar-refractivity contribution in [3.63, 3.8) is 0 Å². The molecule has 24 heavy (non-hydrogen) atoms. The Bertz CT molecular complexity index is 612. The van der Waals surface area contributed by atoms with Crippen LogP contribution in [0, 0.1) is 0 Å². The third-order valence-electron chi connectivity index (χ3n) is 3.93. The summed E-state index contributed by atoms with van der Waals surface area (Å²) in [5.74, 6) is -0.525. The number of rotatable bonds is 5. The lowest BCUT2D eigenvalue weighted by Crippen LogP contribution is -2.51. The minimum atomic E-state index is -0.399. The van der Waals surface area contributed by atoms with Crippen molar-refractivity contribution in [3.8, 4) is 0 Å². The number of hydrogen-bond donors (Lipinski definition) is 1. The zero-order valence-electron chi connectivity index (χ0n) is 13.6. The van der Waals surface area contributed by atoms with Crippen LogP contribution in [0.5, 0.6) is 0 Å². The first-order valence-corrected chi connectivity index (χ1v) is 8.35. The van der Waals surface area contributed by atoms with E-state index in [2.05, 4.69) is 10.1 Å². The average molecular weight is 375 g/mol. The van der Waals surface area contributed by atoms with E-state index in [0.29, 0.717) is 35.4 Å². The number of carbonyl (C=O) groups is 2. The SMILES string of the molecule is COC(=O)C[C@H]1CN([C@@H](C)C(=O)Nc2cccc(Cl)c2Cl)CCO1. The molecule has 1 N–H and O–H groups in total. The molecule has 1 heterocycles. The Hall–Kier alpha value is -1.34. The Kier molecular flexibility index (Phi) is 6.86. The number of nitrogens with one attached hydrogen (secondary N) is 1. The lowest BCUT2D eigenvalue weighted by molar-refractivity contribution is -0.146. The lowest BCUT2D eigenvalue weighted by atomic mass is 10.1. The van der Waals surface area contributed by atoms with Gasteiger partial charge in [0.1, 0.15) is 0 Å². The van der Waals surface area contributed by atoms with Crippen LogP contribution in [0.3, 0.4) is 0 Å². The van der Waals surface area contributed by atoms with Crippen LogP contribution < -0.4 is 5.32 Å². The summed E-state index contributed by atoms with van der Waals surface area (Å²) in [7, 11) is 1.34. The van der Waals surface area contributed by atoms with Crippen molar-refractivity contribution in [2.75, 3.05) is 32.1 Å². The summed E-state index contributed by atoms with van der Waals surface area (Å²) >= 11 is 12.0. The van der Waals surface area contributed by atoms with E-state index in [1.807, 2.05) is 4.90 Å². The molecule has 1 aliphatic rings. The normalized spacial score (nSPS) is 19.6. The summed E-state index contributed by atoms with van der Waals surface area (Å²) in [5.41, 5.74) is 0.473. The van der Waals surface area contributed by atoms with Crippen molar-refractivity contribution in [3.05, 3.63) is 28.2 Å². The van der Waals surface area contributed by atoms with Crippen LogP contribution in [-0.4, -0.2) is 55.7 Å². The number of morpholine rings is 1. The zero-order valence-corrected chi connectivity index (χ0v) is 15.1. The van der Waals surface area contributed by atoms with Gasteiger partial charge in [-0.15, -0.1) is 0 Å². The molecule has 2 rings (SSSR count). The van der Waals surface area contributed by atoms with Crippen LogP contribution >= 0.6 is 23.2 Å². The van der Waals surface area contributed by atoms with Crippen molar-refractivity contribution in [1.82, 2.24) is 4.90 Å². The van der Waals surface area contributed by atoms with Crippen molar-refractivity contribution < 1.29 is 19.1 Å². The molecule has 0 aliphatic carbocycles. The Morgan fingerprint density at radius 3 is 2.92 bits per heavy atom. The van der Waals surface area contributed by atoms with Crippen LogP contribution in [0.1, 0.15) is 13.3 Å². The Balaban J connectivity index is 1.97. The fraction of sp³-hybridized carbons (Fsp3) is 0.500. The summed E-state index contributed by atoms with van der Waals surface area (Å²) in [4.78, 5) is 25.8. The lowest BCUT2D eigenvalue weighted by Gasteiger charge is -2.35. The van der Waals surface area contributed by atoms with E-state index in [4.69, 9.17) is 27.9 Å². The highest BCUT2D eigenvalue weighted by Crippen LogP contribution is 2.29. The molecule has 1 aromatic carbocycles. The van der Waals surface area contributed by atoms with Gasteiger partial charge in [0.15, 0.2) is 0 Å². The molecule has 1 aliphatic heterocycles. The zero-order chi connectivity index (χ0) is 17.7. The number of carbonyl (C=O) groups excluding carboxylic acids is 2. The molecule has 0 unspecified atom stereocenters. The summed E-state index contributed by atoms with van der Waals surface area (Å²) < 4.78 is 10.2. The van der Waals surface area contributed by atoms with E-state index in [0.717, 1.165) is 0 Å². The first-order valence-electron chi connectivity index (χ1n) is 7.59. The van der Waals surface area contributed by atoms with Crippen LogP contribution in [-0.2, 0) is 19.1 Å². The van der Waals surface area contributed by atoms with Gasteiger partial charge >= 0.3 is 5.97 Å². The Labute approximate surface area is 151 Å². The fourth-order valence-corrected chi connectivity index (χ4v) is 2.84. The number of esters is 1. The molecule has 132 valence electrons. The molecule has 1 fully saturated rings. The van der Waals surface area contributed by atoms with E-state index in [-0.39, 0.29) is 24.4 Å². The minimum absolute atomic E-state index is 0.168. The standard InChI is InChI=1S/C16H20Cl2N2O4/c1-10(16(22)19-13-5-3-4-12(17)15(13)18)20-6-7-24-11(9-20)8-14(21)23-2/h3-5,10-11H,6-9H2,1-2H3,(H,19,22)/t10-,11-/m0/s1. The summed E-state index contributed by atoms with van der Waals surface area (Å²) in [5, 5.41) is 3.48. The van der Waals surface area contributed by atoms with E-state index in [1.165, 1.54) is 7.11 Å². The van der Waals surface area contributed by atoms with Gasteiger partial charge in [0.25, 0.3) is 0 Å². The minimum Gasteiger partial charge on any atom is -0.469 e. The van der Waals surface area contributed by atoms with E-state index < -0.39 is 6.04 Å². The van der Waals surface area contributed by atoms with Crippen LogP contribution in [0.4, 0.5) is 5.69 Å². The molecule has 6 nitrogen and oxygen atoms in total. The van der Waals surface area contributed by atoms with Crippen molar-refractivity contribution in [1.29, 1.82) is 0 Å². The van der Waals surface area contributed by atoms with Gasteiger partial charge in [-0.3, -0.25) is 14.5 Å². The van der Waals surface area contributed by atoms with Gasteiger partial charge in [-0.1, -0.05) is 29.3 Å². The van der Waals surface area contributed by atoms with E-state index in [9.17, 15) is 9.59 Å². The van der Waals surface area contributed by atoms with Crippen molar-refractivity contribution in [2.45, 2.75) is 25.5 Å². The smallest absolute Gasteiger partial charge is 0.308 e. The molecular formula is C16H20Cl2N2O4. The van der Waals surface area contributed by atoms with Crippen molar-refractivity contribution in [2.24, 2.45) is 0 Å². The molecule has 0 saturated carbocycles. The molecule has 1 aromatic rings. The van der Waals surface area contributed by atoms with Crippen LogP contribution in [0.15, 0.2) is 18.2 Å². The fourth-order valence-electron chi connectivity index (χ4n) is 2.49. The topological polar surface area (TPSA) is 67.9 Å². The molecule has 1 amide bonds. The highest BCUT2D eigenvalue weighted by molar-refractivity contribution is 6.44. The summed E-state index contributed by atoms with van der Waals surface area (Å²) in [6.07, 6.45) is -0.113. The maximum atomic E-state index is 12.5. The van der Waals surface area contributed by atoms with Gasteiger partial charge < -0.3 is 14.8 Å². The van der Waals surface area contributed by atoms with Gasteiger partial charge in [-0.05, 0) is 19.1 Å². The largest absolute Gasteiger partial charge is 0.469 e.